The van der Waals surface area contributed by atoms with Gasteiger partial charge in [0, 0.05) is 6.04 Å². The number of aliphatic hydroxyl groups is 1. The minimum atomic E-state index is -0.573. The van der Waals surface area contributed by atoms with Crippen LogP contribution in [-0.4, -0.2) is 18.2 Å². The molecule has 0 saturated carbocycles. The van der Waals surface area contributed by atoms with E-state index in [9.17, 15) is 9.50 Å². The van der Waals surface area contributed by atoms with E-state index < -0.39 is 6.10 Å². The predicted molar refractivity (Wildman–Crippen MR) is 47.9 cm³/mol. The van der Waals surface area contributed by atoms with Gasteiger partial charge in [-0.3, -0.25) is 0 Å². The Morgan fingerprint density at radius 1 is 1.54 bits per heavy atom. The third-order valence-corrected chi connectivity index (χ3v) is 2.65. The summed E-state index contributed by atoms with van der Waals surface area (Å²) in [7, 11) is 1.78. The molecule has 2 unspecified atom stereocenters. The molecule has 1 aromatic rings. The van der Waals surface area contributed by atoms with E-state index in [0.29, 0.717) is 12.0 Å². The zero-order chi connectivity index (χ0) is 9.42. The molecule has 1 aliphatic carbocycles. The SMILES string of the molecule is CNC1Cc2c(F)cccc2C1O. The van der Waals surface area contributed by atoms with E-state index in [1.54, 1.807) is 19.2 Å². The minimum absolute atomic E-state index is 0.0492. The van der Waals surface area contributed by atoms with Crippen molar-refractivity contribution >= 4 is 0 Å². The molecule has 0 amide bonds. The van der Waals surface area contributed by atoms with Crippen LogP contribution in [0.15, 0.2) is 18.2 Å². The lowest BCUT2D eigenvalue weighted by molar-refractivity contribution is 0.146. The van der Waals surface area contributed by atoms with E-state index in [2.05, 4.69) is 5.32 Å². The van der Waals surface area contributed by atoms with Gasteiger partial charge in [0.05, 0.1) is 6.10 Å². The van der Waals surface area contributed by atoms with Gasteiger partial charge in [-0.25, -0.2) is 4.39 Å². The molecule has 2 atom stereocenters. The average Bonchev–Trinajstić information content (AvgIpc) is 2.45. The Labute approximate surface area is 76.4 Å². The van der Waals surface area contributed by atoms with Crippen LogP contribution in [0.5, 0.6) is 0 Å². The van der Waals surface area contributed by atoms with E-state index in [0.717, 1.165) is 5.56 Å². The summed E-state index contributed by atoms with van der Waals surface area (Å²) in [5.74, 6) is -0.214. The maximum absolute atomic E-state index is 13.2. The maximum Gasteiger partial charge on any atom is 0.126 e. The molecule has 70 valence electrons. The number of nitrogens with one attached hydrogen (secondary N) is 1. The van der Waals surface area contributed by atoms with E-state index >= 15 is 0 Å². The third kappa shape index (κ3) is 1.24. The molecule has 2 rings (SSSR count). The molecule has 0 aliphatic heterocycles. The van der Waals surface area contributed by atoms with Crippen molar-refractivity contribution in [3.63, 3.8) is 0 Å². The van der Waals surface area contributed by atoms with E-state index in [4.69, 9.17) is 0 Å². The molecule has 0 spiro atoms. The van der Waals surface area contributed by atoms with Crippen molar-refractivity contribution < 1.29 is 9.50 Å². The van der Waals surface area contributed by atoms with Gasteiger partial charge < -0.3 is 10.4 Å². The molecule has 13 heavy (non-hydrogen) atoms. The highest BCUT2D eigenvalue weighted by molar-refractivity contribution is 5.36. The Hall–Kier alpha value is -0.930. The van der Waals surface area contributed by atoms with Gasteiger partial charge in [-0.2, -0.15) is 0 Å². The van der Waals surface area contributed by atoms with E-state index in [1.807, 2.05) is 0 Å². The summed E-state index contributed by atoms with van der Waals surface area (Å²) in [6.07, 6.45) is -0.00431. The molecule has 3 heteroatoms. The second-order valence-electron chi connectivity index (χ2n) is 3.35. The zero-order valence-electron chi connectivity index (χ0n) is 7.42. The van der Waals surface area contributed by atoms with E-state index in [-0.39, 0.29) is 11.9 Å². The van der Waals surface area contributed by atoms with Crippen molar-refractivity contribution in [2.24, 2.45) is 0 Å². The predicted octanol–water partition coefficient (Wildman–Crippen LogP) is 1.00. The molecule has 2 nitrogen and oxygen atoms in total. The number of benzene rings is 1. The fourth-order valence-electron chi connectivity index (χ4n) is 1.88. The standard InChI is InChI=1S/C10H12FNO/c1-12-9-5-7-6(10(9)13)3-2-4-8(7)11/h2-4,9-10,12-13H,5H2,1H3. The smallest absolute Gasteiger partial charge is 0.126 e. The van der Waals surface area contributed by atoms with Gasteiger partial charge in [0.1, 0.15) is 5.82 Å². The fourth-order valence-corrected chi connectivity index (χ4v) is 1.88. The highest BCUT2D eigenvalue weighted by atomic mass is 19.1. The van der Waals surface area contributed by atoms with Crippen LogP contribution in [0.25, 0.3) is 0 Å². The molecule has 1 aliphatic rings. The van der Waals surface area contributed by atoms with Gasteiger partial charge in [0.25, 0.3) is 0 Å². The second kappa shape index (κ2) is 3.09. The Balaban J connectivity index is 2.43. The van der Waals surface area contributed by atoms with Gasteiger partial charge in [-0.15, -0.1) is 0 Å². The summed E-state index contributed by atoms with van der Waals surface area (Å²) >= 11 is 0. The number of aliphatic hydroxyl groups excluding tert-OH is 1. The molecule has 0 heterocycles. The summed E-state index contributed by atoms with van der Waals surface area (Å²) < 4.78 is 13.2. The van der Waals surface area contributed by atoms with Crippen LogP contribution in [0, 0.1) is 5.82 Å². The molecular weight excluding hydrogens is 169 g/mol. The number of fused-ring (bicyclic) bond motifs is 1. The number of rotatable bonds is 1. The van der Waals surface area contributed by atoms with Crippen LogP contribution < -0.4 is 5.32 Å². The first-order chi connectivity index (χ1) is 6.24. The van der Waals surface area contributed by atoms with Gasteiger partial charge in [0.2, 0.25) is 0 Å². The summed E-state index contributed by atoms with van der Waals surface area (Å²) in [6.45, 7) is 0. The summed E-state index contributed by atoms with van der Waals surface area (Å²) in [5, 5.41) is 12.7. The lowest BCUT2D eigenvalue weighted by Crippen LogP contribution is -2.29. The normalized spacial score (nSPS) is 26.1. The number of hydrogen-bond acceptors (Lipinski definition) is 2. The summed E-state index contributed by atoms with van der Waals surface area (Å²) in [5.41, 5.74) is 1.37. The average molecular weight is 181 g/mol. The topological polar surface area (TPSA) is 32.3 Å². The van der Waals surface area contributed by atoms with Crippen molar-refractivity contribution in [1.82, 2.24) is 5.32 Å². The Kier molecular flexibility index (Phi) is 2.06. The molecule has 0 fully saturated rings. The highest BCUT2D eigenvalue weighted by Gasteiger charge is 2.31. The Morgan fingerprint density at radius 3 is 2.92 bits per heavy atom. The molecule has 0 radical (unpaired) electrons. The van der Waals surface area contributed by atoms with Gasteiger partial charge in [-0.05, 0) is 30.7 Å². The van der Waals surface area contributed by atoms with Crippen LogP contribution >= 0.6 is 0 Å². The fraction of sp³-hybridized carbons (Fsp3) is 0.400. The number of likely N-dealkylation sites (N-methyl/N-ethyl adjacent to an activating group) is 1. The summed E-state index contributed by atoms with van der Waals surface area (Å²) in [4.78, 5) is 0. The van der Waals surface area contributed by atoms with Crippen LogP contribution in [0.2, 0.25) is 0 Å². The second-order valence-corrected chi connectivity index (χ2v) is 3.35. The van der Waals surface area contributed by atoms with Crippen molar-refractivity contribution in [3.8, 4) is 0 Å². The van der Waals surface area contributed by atoms with Crippen molar-refractivity contribution in [1.29, 1.82) is 0 Å². The lowest BCUT2D eigenvalue weighted by Gasteiger charge is -2.12. The first-order valence-corrected chi connectivity index (χ1v) is 4.36. The van der Waals surface area contributed by atoms with Crippen molar-refractivity contribution in [2.75, 3.05) is 7.05 Å². The lowest BCUT2D eigenvalue weighted by atomic mass is 10.1. The van der Waals surface area contributed by atoms with Gasteiger partial charge in [-0.1, -0.05) is 12.1 Å². The Bertz CT molecular complexity index is 327. The first kappa shape index (κ1) is 8.66. The third-order valence-electron chi connectivity index (χ3n) is 2.65. The molecular formula is C10H12FNO. The quantitative estimate of drug-likeness (QED) is 0.677. The summed E-state index contributed by atoms with van der Waals surface area (Å²) in [6, 6.07) is 4.80. The molecule has 0 saturated heterocycles. The molecule has 1 aromatic carbocycles. The highest BCUT2D eigenvalue weighted by Crippen LogP contribution is 2.32. The van der Waals surface area contributed by atoms with Crippen LogP contribution in [0.1, 0.15) is 17.2 Å². The van der Waals surface area contributed by atoms with Crippen LogP contribution in [-0.2, 0) is 6.42 Å². The first-order valence-electron chi connectivity index (χ1n) is 4.36. The maximum atomic E-state index is 13.2. The largest absolute Gasteiger partial charge is 0.387 e. The zero-order valence-corrected chi connectivity index (χ0v) is 7.42. The Morgan fingerprint density at radius 2 is 2.31 bits per heavy atom. The van der Waals surface area contributed by atoms with Gasteiger partial charge in [0.15, 0.2) is 0 Å². The monoisotopic (exact) mass is 181 g/mol. The van der Waals surface area contributed by atoms with Crippen molar-refractivity contribution in [2.45, 2.75) is 18.6 Å². The molecule has 0 aromatic heterocycles. The van der Waals surface area contributed by atoms with Gasteiger partial charge >= 0.3 is 0 Å². The number of halogens is 1. The minimum Gasteiger partial charge on any atom is -0.387 e. The van der Waals surface area contributed by atoms with Crippen LogP contribution in [0.3, 0.4) is 0 Å². The van der Waals surface area contributed by atoms with Crippen molar-refractivity contribution in [3.05, 3.63) is 35.1 Å². The molecule has 0 bridgehead atoms. The number of hydrogen-bond donors (Lipinski definition) is 2. The van der Waals surface area contributed by atoms with Crippen LogP contribution in [0.4, 0.5) is 4.39 Å². The van der Waals surface area contributed by atoms with E-state index in [1.165, 1.54) is 6.07 Å². The molecule has 2 N–H and O–H groups in total.